The molecule has 25 heteroatoms. The van der Waals surface area contributed by atoms with Gasteiger partial charge in [-0.1, -0.05) is 86.2 Å². The summed E-state index contributed by atoms with van der Waals surface area (Å²) in [6, 6.07) is 9.94. The Morgan fingerprint density at radius 2 is 1.03 bits per heavy atom. The molecule has 6 fully saturated rings. The van der Waals surface area contributed by atoms with Crippen LogP contribution in [0, 0.1) is 51.0 Å². The van der Waals surface area contributed by atoms with Crippen LogP contribution in [-0.2, 0) is 49.1 Å². The number of nitrogens with one attached hydrogen (secondary N) is 2. The first-order valence-electron chi connectivity index (χ1n) is 30.7. The molecule has 4 aromatic rings. The maximum atomic E-state index is 16.1. The summed E-state index contributed by atoms with van der Waals surface area (Å²) in [7, 11) is 6.87. The van der Waals surface area contributed by atoms with Crippen molar-refractivity contribution in [1.82, 2.24) is 29.7 Å². The Labute approximate surface area is 550 Å². The predicted octanol–water partition coefficient (Wildman–Crippen LogP) is 11.9. The summed E-state index contributed by atoms with van der Waals surface area (Å²) in [6.07, 6.45) is 11.9. The topological polar surface area (TPSA) is 249 Å². The standard InChI is InChI=1S/C33H39Cl2FN4O4.C24H24Cl2FN3O3.C8H16N2O2.ClH/c1-31(2)10-12-32(13-11-31)16-20(22(41)15-18-5-7-23(44-17-18)29(42)40(3)4)25(19-9-14-37-27(35)26(19)36)33(32)21-6-8-24(34)38-28(21)39-30(33)43;1-22(2)6-8-23(9-7-22)11-13(20(31)32)16(12-5-10-28-18(26)17(12)27)24(23)14-3-4-15(25)29-19(14)30-21(24)33;1-10(2)8(11)7-4-3-6(9)5-12-7;/h6,8-9,14,18,20,23,25H,5,7,10-13,15-17H2,1-4H3,(H,38,39,43);3-5,10,13,16H,6-9,11H2,1-2H3,(H,31,32)(H,29,30,33);6-7H,3-5,9H2,1-2H3;1H/t18-,20-,23-,25-,33+;13-,16+,24-;6-,7+;/m011./s1. The SMILES string of the molecule is CC1(C)CCC2(CC1)C[C@@H](C(=O)O)[C@H](c1ccnc(Cl)c1F)[C@]21C(=O)Nc2nc(Cl)ccc21.CN(C)C(=O)[C@@H]1CC[C@@H](CC(=O)[C@@H]2CC3(CCC(C)(C)CC3)[C@@]3(C(=O)Nc4nc(Cl)ccc43)[C@H]2c2ccnc(Cl)c2F)CO1.CN(C)C(=O)[C@@H]1CC[C@@H](N)CO1.Cl. The molecule has 0 radical (unpaired) electrons. The van der Waals surface area contributed by atoms with Crippen molar-refractivity contribution in [3.63, 3.8) is 0 Å². The fraction of sp³-hybridized carbons (Fsp3) is 0.600. The number of hydrogen-bond donors (Lipinski definition) is 4. The zero-order valence-corrected chi connectivity index (χ0v) is 55.7. The second-order valence-electron chi connectivity index (χ2n) is 28.0. The monoisotopic (exact) mass is 1340 g/mol. The van der Waals surface area contributed by atoms with Gasteiger partial charge in [-0.05, 0) is 153 Å². The summed E-state index contributed by atoms with van der Waals surface area (Å²) < 4.78 is 42.7. The van der Waals surface area contributed by atoms with Crippen LogP contribution in [0.4, 0.5) is 20.4 Å². The summed E-state index contributed by atoms with van der Waals surface area (Å²) in [5.41, 5.74) is 3.47. The Morgan fingerprint density at radius 3 is 1.42 bits per heavy atom. The average Bonchev–Trinajstić information content (AvgIpc) is 1.51. The molecule has 488 valence electrons. The molecule has 8 aliphatic rings. The zero-order chi connectivity index (χ0) is 64.5. The van der Waals surface area contributed by atoms with E-state index in [-0.39, 0.29) is 115 Å². The number of carboxylic acid groups (broad SMARTS) is 1. The van der Waals surface area contributed by atoms with E-state index in [0.717, 1.165) is 38.5 Å². The number of carboxylic acids is 1. The highest BCUT2D eigenvalue weighted by molar-refractivity contribution is 6.30. The van der Waals surface area contributed by atoms with Gasteiger partial charge in [0.05, 0.1) is 30.0 Å². The number of nitrogens with zero attached hydrogens (tertiary/aromatic N) is 6. The number of amides is 4. The molecule has 0 bridgehead atoms. The number of nitrogens with two attached hydrogens (primary N) is 1. The van der Waals surface area contributed by atoms with Crippen molar-refractivity contribution in [2.45, 2.75) is 165 Å². The highest BCUT2D eigenvalue weighted by Crippen LogP contribution is 2.74. The number of likely N-dealkylation sites (N-methyl/N-ethyl adjacent to an activating group) is 2. The zero-order valence-electron chi connectivity index (χ0n) is 51.9. The molecule has 4 aromatic heterocycles. The second kappa shape index (κ2) is 26.3. The van der Waals surface area contributed by atoms with Crippen molar-refractivity contribution in [3.8, 4) is 0 Å². The van der Waals surface area contributed by atoms with Crippen LogP contribution in [0.1, 0.15) is 158 Å². The summed E-state index contributed by atoms with van der Waals surface area (Å²) in [4.78, 5) is 99.1. The number of Topliss-reactive ketones (excluding diaryl/α,β-unsaturated/α-hetero) is 1. The fourth-order valence-corrected chi connectivity index (χ4v) is 17.2. The van der Waals surface area contributed by atoms with E-state index in [1.54, 1.807) is 57.4 Å². The normalized spacial score (nSPS) is 29.5. The molecule has 4 aliphatic heterocycles. The maximum Gasteiger partial charge on any atom is 0.307 e. The van der Waals surface area contributed by atoms with Crippen molar-refractivity contribution in [3.05, 3.63) is 103 Å². The van der Waals surface area contributed by atoms with Crippen molar-refractivity contribution >= 4 is 106 Å². The molecule has 4 spiro atoms. The summed E-state index contributed by atoms with van der Waals surface area (Å²) in [5, 5.41) is 16.0. The molecule has 2 saturated heterocycles. The van der Waals surface area contributed by atoms with E-state index in [1.165, 1.54) is 23.4 Å². The van der Waals surface area contributed by atoms with Crippen molar-refractivity contribution in [1.29, 1.82) is 0 Å². The lowest BCUT2D eigenvalue weighted by Gasteiger charge is -2.50. The number of carbonyl (C=O) groups excluding carboxylic acids is 5. The lowest BCUT2D eigenvalue weighted by Crippen LogP contribution is -2.52. The van der Waals surface area contributed by atoms with Gasteiger partial charge in [0.1, 0.15) is 39.9 Å². The van der Waals surface area contributed by atoms with E-state index >= 15 is 8.78 Å². The number of carbonyl (C=O) groups is 6. The van der Waals surface area contributed by atoms with Gasteiger partial charge in [-0.2, -0.15) is 0 Å². The van der Waals surface area contributed by atoms with Gasteiger partial charge in [-0.15, -0.1) is 12.4 Å². The van der Waals surface area contributed by atoms with Crippen LogP contribution in [0.3, 0.4) is 0 Å². The van der Waals surface area contributed by atoms with Gasteiger partial charge < -0.3 is 40.7 Å². The average molecular weight is 1350 g/mol. The molecule has 0 unspecified atom stereocenters. The molecular weight excluding hydrogens is 1270 g/mol. The Hall–Kier alpha value is -5.19. The van der Waals surface area contributed by atoms with Gasteiger partial charge in [0, 0.05) is 81.9 Å². The first-order valence-corrected chi connectivity index (χ1v) is 32.2. The number of aliphatic carboxylic acids is 1. The number of fused-ring (bicyclic) bond motifs is 6. The molecular formula is C65H80Cl5F2N9O9. The number of ether oxygens (including phenoxy) is 2. The van der Waals surface area contributed by atoms with Crippen molar-refractivity contribution in [2.24, 2.45) is 45.1 Å². The van der Waals surface area contributed by atoms with Crippen molar-refractivity contribution in [2.75, 3.05) is 52.0 Å². The molecule has 90 heavy (non-hydrogen) atoms. The summed E-state index contributed by atoms with van der Waals surface area (Å²) in [5.74, 6) is -6.09. The predicted molar refractivity (Wildman–Crippen MR) is 340 cm³/mol. The van der Waals surface area contributed by atoms with Crippen LogP contribution < -0.4 is 16.4 Å². The Morgan fingerprint density at radius 1 is 0.622 bits per heavy atom. The number of rotatable bonds is 8. The van der Waals surface area contributed by atoms with Crippen LogP contribution in [0.15, 0.2) is 48.8 Å². The molecule has 8 heterocycles. The second-order valence-corrected chi connectivity index (χ2v) is 29.4. The molecule has 12 rings (SSSR count). The lowest BCUT2D eigenvalue weighted by atomic mass is 9.51. The minimum Gasteiger partial charge on any atom is -0.481 e. The van der Waals surface area contributed by atoms with Crippen LogP contribution in [0.5, 0.6) is 0 Å². The van der Waals surface area contributed by atoms with Gasteiger partial charge in [0.15, 0.2) is 21.9 Å². The molecule has 5 N–H and O–H groups in total. The fourth-order valence-electron chi connectivity index (χ4n) is 16.6. The number of halogens is 7. The number of pyridine rings is 4. The lowest BCUT2D eigenvalue weighted by molar-refractivity contribution is -0.146. The van der Waals surface area contributed by atoms with E-state index in [2.05, 4.69) is 58.3 Å². The number of hydrogen-bond acceptors (Lipinski definition) is 13. The van der Waals surface area contributed by atoms with Gasteiger partial charge in [-0.25, -0.2) is 28.7 Å². The highest BCUT2D eigenvalue weighted by Gasteiger charge is 2.75. The third-order valence-electron chi connectivity index (χ3n) is 21.3. The first-order chi connectivity index (χ1) is 41.9. The van der Waals surface area contributed by atoms with Gasteiger partial charge >= 0.3 is 5.97 Å². The number of aromatic nitrogens is 4. The smallest absolute Gasteiger partial charge is 0.307 e. The van der Waals surface area contributed by atoms with Crippen LogP contribution in [0.2, 0.25) is 20.6 Å². The molecule has 4 aliphatic carbocycles. The molecule has 10 atom stereocenters. The van der Waals surface area contributed by atoms with Crippen LogP contribution in [-0.4, -0.2) is 130 Å². The maximum absolute atomic E-state index is 16.1. The Balaban J connectivity index is 0.000000183. The van der Waals surface area contributed by atoms with Crippen molar-refractivity contribution < 1.29 is 52.1 Å². The molecule has 4 saturated carbocycles. The largest absolute Gasteiger partial charge is 0.481 e. The van der Waals surface area contributed by atoms with Gasteiger partial charge in [-0.3, -0.25) is 28.8 Å². The number of ketones is 1. The minimum absolute atomic E-state index is 0. The molecule has 0 aromatic carbocycles. The molecule has 4 amide bonds. The minimum atomic E-state index is -1.31. The summed E-state index contributed by atoms with van der Waals surface area (Å²) >= 11 is 24.7. The number of anilines is 2. The highest BCUT2D eigenvalue weighted by atomic mass is 35.5. The third kappa shape index (κ3) is 12.2. The van der Waals surface area contributed by atoms with Crippen LogP contribution >= 0.6 is 58.8 Å². The van der Waals surface area contributed by atoms with E-state index in [9.17, 15) is 33.9 Å². The van der Waals surface area contributed by atoms with E-state index in [4.69, 9.17) is 61.6 Å². The van der Waals surface area contributed by atoms with E-state index in [0.29, 0.717) is 80.9 Å². The molecule has 18 nitrogen and oxygen atoms in total. The Kier molecular flexibility index (Phi) is 20.2. The van der Waals surface area contributed by atoms with E-state index in [1.807, 2.05) is 6.07 Å². The summed E-state index contributed by atoms with van der Waals surface area (Å²) in [6.45, 7) is 9.61. The first kappa shape index (κ1) is 69.2. The van der Waals surface area contributed by atoms with Gasteiger partial charge in [0.2, 0.25) is 11.8 Å². The third-order valence-corrected chi connectivity index (χ3v) is 22.2. The quantitative estimate of drug-likeness (QED) is 0.120. The van der Waals surface area contributed by atoms with Gasteiger partial charge in [0.25, 0.3) is 11.8 Å². The Bertz CT molecular complexity index is 3440. The van der Waals surface area contributed by atoms with E-state index < -0.39 is 69.0 Å². The van der Waals surface area contributed by atoms with Crippen LogP contribution in [0.25, 0.3) is 0 Å².